The number of benzene rings is 1. The van der Waals surface area contributed by atoms with Gasteiger partial charge in [-0.1, -0.05) is 37.3 Å². The normalized spacial score (nSPS) is 10.6. The monoisotopic (exact) mass is 337 g/mol. The van der Waals surface area contributed by atoms with Gasteiger partial charge in [-0.05, 0) is 36.6 Å². The molecule has 0 aliphatic heterocycles. The van der Waals surface area contributed by atoms with Gasteiger partial charge in [-0.15, -0.1) is 0 Å². The number of furan rings is 1. The van der Waals surface area contributed by atoms with E-state index in [9.17, 15) is 9.59 Å². The third-order valence-electron chi connectivity index (χ3n) is 4.01. The number of esters is 1. The zero-order valence-corrected chi connectivity index (χ0v) is 14.2. The molecular formula is C20H19NO4. The number of aromatic nitrogens is 1. The molecule has 5 nitrogen and oxygen atoms in total. The van der Waals surface area contributed by atoms with Crippen LogP contribution in [-0.2, 0) is 17.8 Å². The fourth-order valence-electron chi connectivity index (χ4n) is 2.81. The van der Waals surface area contributed by atoms with Gasteiger partial charge in [-0.3, -0.25) is 4.79 Å². The van der Waals surface area contributed by atoms with Crippen LogP contribution < -0.4 is 0 Å². The van der Waals surface area contributed by atoms with Crippen molar-refractivity contribution in [1.29, 1.82) is 0 Å². The smallest absolute Gasteiger partial charge is 0.341 e. The predicted octanol–water partition coefficient (Wildman–Crippen LogP) is 4.32. The molecule has 1 aromatic carbocycles. The first-order valence-corrected chi connectivity index (χ1v) is 8.12. The maximum Gasteiger partial charge on any atom is 0.341 e. The molecule has 128 valence electrons. The highest BCUT2D eigenvalue weighted by molar-refractivity contribution is 6.01. The molecule has 0 unspecified atom stereocenters. The molecule has 0 radical (unpaired) electrons. The number of carbonyl (C=O) groups excluding carboxylic acids is 2. The van der Waals surface area contributed by atoms with Crippen LogP contribution in [0, 0.1) is 6.92 Å². The molecule has 0 fully saturated rings. The number of hydrogen-bond acceptors (Lipinski definition) is 4. The SMILES string of the molecule is CCc1c(-c2ccc(C)o2)[nH]c(C=O)c1C(=O)OCc1ccccc1. The number of aryl methyl sites for hydroxylation is 1. The van der Waals surface area contributed by atoms with Crippen molar-refractivity contribution in [1.82, 2.24) is 4.98 Å². The maximum atomic E-state index is 12.6. The third-order valence-corrected chi connectivity index (χ3v) is 4.01. The first-order valence-electron chi connectivity index (χ1n) is 8.12. The quantitative estimate of drug-likeness (QED) is 0.537. The Kier molecular flexibility index (Phi) is 4.84. The first kappa shape index (κ1) is 16.8. The van der Waals surface area contributed by atoms with Crippen LogP contribution in [0.5, 0.6) is 0 Å². The molecule has 0 bridgehead atoms. The van der Waals surface area contributed by atoms with Crippen LogP contribution in [0.25, 0.3) is 11.5 Å². The van der Waals surface area contributed by atoms with Gasteiger partial charge in [0.1, 0.15) is 12.4 Å². The van der Waals surface area contributed by atoms with Crippen LogP contribution in [0.15, 0.2) is 46.9 Å². The number of rotatable bonds is 6. The van der Waals surface area contributed by atoms with E-state index in [1.54, 1.807) is 0 Å². The summed E-state index contributed by atoms with van der Waals surface area (Å²) >= 11 is 0. The van der Waals surface area contributed by atoms with Crippen LogP contribution in [0.4, 0.5) is 0 Å². The van der Waals surface area contributed by atoms with Crippen LogP contribution in [0.1, 0.15) is 44.7 Å². The molecule has 5 heteroatoms. The van der Waals surface area contributed by atoms with Crippen LogP contribution in [-0.4, -0.2) is 17.2 Å². The summed E-state index contributed by atoms with van der Waals surface area (Å²) < 4.78 is 11.0. The molecule has 0 aliphatic rings. The Bertz CT molecular complexity index is 890. The van der Waals surface area contributed by atoms with E-state index in [0.717, 1.165) is 16.9 Å². The van der Waals surface area contributed by atoms with Gasteiger partial charge in [0, 0.05) is 0 Å². The second-order valence-electron chi connectivity index (χ2n) is 5.71. The lowest BCUT2D eigenvalue weighted by Gasteiger charge is -2.06. The number of carbonyl (C=O) groups is 2. The van der Waals surface area contributed by atoms with Gasteiger partial charge in [0.2, 0.25) is 0 Å². The van der Waals surface area contributed by atoms with Crippen molar-refractivity contribution in [2.24, 2.45) is 0 Å². The second kappa shape index (κ2) is 7.21. The zero-order valence-electron chi connectivity index (χ0n) is 14.2. The lowest BCUT2D eigenvalue weighted by Crippen LogP contribution is -2.09. The van der Waals surface area contributed by atoms with Gasteiger partial charge in [0.25, 0.3) is 0 Å². The molecule has 0 aliphatic carbocycles. The van der Waals surface area contributed by atoms with Gasteiger partial charge in [-0.2, -0.15) is 0 Å². The minimum Gasteiger partial charge on any atom is -0.460 e. The summed E-state index contributed by atoms with van der Waals surface area (Å²) in [7, 11) is 0. The van der Waals surface area contributed by atoms with E-state index in [1.807, 2.05) is 56.3 Å². The number of aromatic amines is 1. The van der Waals surface area contributed by atoms with Crippen LogP contribution in [0.2, 0.25) is 0 Å². The fourth-order valence-corrected chi connectivity index (χ4v) is 2.81. The summed E-state index contributed by atoms with van der Waals surface area (Å²) in [5, 5.41) is 0. The van der Waals surface area contributed by atoms with Crippen molar-refractivity contribution < 1.29 is 18.7 Å². The lowest BCUT2D eigenvalue weighted by molar-refractivity contribution is 0.0470. The molecule has 0 saturated heterocycles. The van der Waals surface area contributed by atoms with Crippen molar-refractivity contribution >= 4 is 12.3 Å². The largest absolute Gasteiger partial charge is 0.460 e. The number of ether oxygens (including phenoxy) is 1. The Morgan fingerprint density at radius 3 is 2.56 bits per heavy atom. The van der Waals surface area contributed by atoms with Crippen molar-refractivity contribution in [3.63, 3.8) is 0 Å². The van der Waals surface area contributed by atoms with E-state index < -0.39 is 5.97 Å². The Labute approximate surface area is 145 Å². The average Bonchev–Trinajstić information content (AvgIpc) is 3.23. The van der Waals surface area contributed by atoms with Gasteiger partial charge >= 0.3 is 5.97 Å². The number of aldehydes is 1. The van der Waals surface area contributed by atoms with Gasteiger partial charge < -0.3 is 14.1 Å². The lowest BCUT2D eigenvalue weighted by atomic mass is 10.1. The topological polar surface area (TPSA) is 72.3 Å². The predicted molar refractivity (Wildman–Crippen MR) is 93.6 cm³/mol. The molecule has 1 N–H and O–H groups in total. The minimum absolute atomic E-state index is 0.154. The number of H-pyrrole nitrogens is 1. The molecule has 0 saturated carbocycles. The fraction of sp³-hybridized carbons (Fsp3) is 0.200. The van der Waals surface area contributed by atoms with Crippen LogP contribution >= 0.6 is 0 Å². The summed E-state index contributed by atoms with van der Waals surface area (Å²) in [6.07, 6.45) is 1.20. The summed E-state index contributed by atoms with van der Waals surface area (Å²) in [4.78, 5) is 27.0. The maximum absolute atomic E-state index is 12.6. The highest BCUT2D eigenvalue weighted by Gasteiger charge is 2.25. The molecule has 3 aromatic rings. The second-order valence-corrected chi connectivity index (χ2v) is 5.71. The molecule has 2 heterocycles. The number of nitrogens with one attached hydrogen (secondary N) is 1. The molecule has 3 rings (SSSR count). The van der Waals surface area contributed by atoms with Crippen molar-refractivity contribution in [3.05, 3.63) is 70.6 Å². The summed E-state index contributed by atoms with van der Waals surface area (Å²) in [5.74, 6) is 0.834. The Balaban J connectivity index is 1.93. The molecule has 25 heavy (non-hydrogen) atoms. The molecular weight excluding hydrogens is 318 g/mol. The Morgan fingerprint density at radius 1 is 1.20 bits per heavy atom. The zero-order chi connectivity index (χ0) is 17.8. The van der Waals surface area contributed by atoms with Crippen LogP contribution in [0.3, 0.4) is 0 Å². The Morgan fingerprint density at radius 2 is 1.96 bits per heavy atom. The van der Waals surface area contributed by atoms with E-state index in [1.165, 1.54) is 0 Å². The molecule has 0 atom stereocenters. The molecule has 0 amide bonds. The molecule has 2 aromatic heterocycles. The molecule has 0 spiro atoms. The van der Waals surface area contributed by atoms with Gasteiger partial charge in [-0.25, -0.2) is 4.79 Å². The summed E-state index contributed by atoms with van der Waals surface area (Å²) in [6, 6.07) is 13.1. The van der Waals surface area contributed by atoms with Gasteiger partial charge in [0.15, 0.2) is 12.0 Å². The van der Waals surface area contributed by atoms with E-state index in [-0.39, 0.29) is 17.9 Å². The highest BCUT2D eigenvalue weighted by Crippen LogP contribution is 2.30. The van der Waals surface area contributed by atoms with E-state index >= 15 is 0 Å². The van der Waals surface area contributed by atoms with Gasteiger partial charge in [0.05, 0.1) is 17.0 Å². The van der Waals surface area contributed by atoms with E-state index in [4.69, 9.17) is 9.15 Å². The Hall–Kier alpha value is -3.08. The summed E-state index contributed by atoms with van der Waals surface area (Å²) in [5.41, 5.74) is 2.73. The van der Waals surface area contributed by atoms with Crippen molar-refractivity contribution in [2.75, 3.05) is 0 Å². The average molecular weight is 337 g/mol. The minimum atomic E-state index is -0.520. The highest BCUT2D eigenvalue weighted by atomic mass is 16.5. The van der Waals surface area contributed by atoms with E-state index in [0.29, 0.717) is 24.2 Å². The first-order chi connectivity index (χ1) is 12.1. The van der Waals surface area contributed by atoms with E-state index in [2.05, 4.69) is 4.98 Å². The number of hydrogen-bond donors (Lipinski definition) is 1. The standard InChI is InChI=1S/C20H19NO4/c1-3-15-18(20(23)24-12-14-7-5-4-6-8-14)16(11-22)21-19(15)17-10-9-13(2)25-17/h4-11,21H,3,12H2,1-2H3. The third kappa shape index (κ3) is 3.40. The summed E-state index contributed by atoms with van der Waals surface area (Å²) in [6.45, 7) is 3.92. The van der Waals surface area contributed by atoms with Crippen molar-refractivity contribution in [3.8, 4) is 11.5 Å². The van der Waals surface area contributed by atoms with Crippen molar-refractivity contribution in [2.45, 2.75) is 26.9 Å².